The minimum atomic E-state index is 0.0722. The number of hydrogen-bond donors (Lipinski definition) is 1. The molecule has 0 atom stereocenters. The first-order valence-corrected chi connectivity index (χ1v) is 6.15. The maximum absolute atomic E-state index is 8.74. The van der Waals surface area contributed by atoms with Crippen LogP contribution in [-0.4, -0.2) is 39.1 Å². The van der Waals surface area contributed by atoms with Gasteiger partial charge < -0.3 is 19.3 Å². The molecule has 1 rings (SSSR count). The van der Waals surface area contributed by atoms with Crippen LogP contribution in [0.25, 0.3) is 0 Å². The number of aliphatic hydroxyl groups excluding tert-OH is 1. The smallest absolute Gasteiger partial charge is 0.119 e. The van der Waals surface area contributed by atoms with Crippen molar-refractivity contribution >= 4 is 0 Å². The summed E-state index contributed by atoms with van der Waals surface area (Å²) >= 11 is 0. The maximum atomic E-state index is 8.74. The Morgan fingerprint density at radius 2 is 2.05 bits per heavy atom. The van der Waals surface area contributed by atoms with E-state index in [4.69, 9.17) is 19.3 Å². The van der Waals surface area contributed by atoms with Crippen molar-refractivity contribution in [2.24, 2.45) is 0 Å². The zero-order valence-electron chi connectivity index (χ0n) is 11.4. The highest BCUT2D eigenvalue weighted by Crippen LogP contribution is 2.18. The lowest BCUT2D eigenvalue weighted by Crippen LogP contribution is -2.03. The zero-order valence-corrected chi connectivity index (χ0v) is 11.4. The summed E-state index contributed by atoms with van der Waals surface area (Å²) in [4.78, 5) is 0. The number of methoxy groups -OCH3 is 2. The number of aliphatic hydroxyl groups is 1. The van der Waals surface area contributed by atoms with Gasteiger partial charge in [-0.25, -0.2) is 0 Å². The van der Waals surface area contributed by atoms with E-state index in [-0.39, 0.29) is 6.61 Å². The molecule has 4 heteroatoms. The molecule has 1 N–H and O–H groups in total. The van der Waals surface area contributed by atoms with Gasteiger partial charge in [-0.05, 0) is 23.8 Å². The van der Waals surface area contributed by atoms with Crippen LogP contribution in [0.15, 0.2) is 18.2 Å². The van der Waals surface area contributed by atoms with E-state index < -0.39 is 0 Å². The Balaban J connectivity index is 2.75. The molecular formula is C15H20O4. The molecule has 0 spiro atoms. The fourth-order valence-corrected chi connectivity index (χ4v) is 1.48. The third-order valence-corrected chi connectivity index (χ3v) is 2.46. The molecule has 4 nitrogen and oxygen atoms in total. The molecule has 0 aliphatic rings. The second-order valence-electron chi connectivity index (χ2n) is 3.84. The van der Waals surface area contributed by atoms with E-state index in [0.29, 0.717) is 26.2 Å². The molecule has 0 aliphatic carbocycles. The van der Waals surface area contributed by atoms with E-state index >= 15 is 0 Å². The Bertz CT molecular complexity index is 432. The quantitative estimate of drug-likeness (QED) is 0.600. The van der Waals surface area contributed by atoms with Crippen LogP contribution in [0.5, 0.6) is 5.75 Å². The van der Waals surface area contributed by atoms with E-state index in [9.17, 15) is 0 Å². The Morgan fingerprint density at radius 1 is 1.21 bits per heavy atom. The molecule has 0 bridgehead atoms. The van der Waals surface area contributed by atoms with E-state index in [1.807, 2.05) is 18.2 Å². The van der Waals surface area contributed by atoms with Crippen molar-refractivity contribution in [2.75, 3.05) is 34.0 Å². The van der Waals surface area contributed by atoms with Gasteiger partial charge in [-0.2, -0.15) is 0 Å². The van der Waals surface area contributed by atoms with Crippen LogP contribution < -0.4 is 4.74 Å². The summed E-state index contributed by atoms with van der Waals surface area (Å²) in [5.74, 6) is 6.72. The first-order valence-electron chi connectivity index (χ1n) is 6.15. The normalized spacial score (nSPS) is 9.84. The molecule has 1 aromatic carbocycles. The molecule has 0 aliphatic heterocycles. The molecular weight excluding hydrogens is 244 g/mol. The van der Waals surface area contributed by atoms with Crippen LogP contribution in [0.4, 0.5) is 0 Å². The minimum Gasteiger partial charge on any atom is -0.497 e. The van der Waals surface area contributed by atoms with Crippen molar-refractivity contribution < 1.29 is 19.3 Å². The lowest BCUT2D eigenvalue weighted by atomic mass is 10.1. The molecule has 19 heavy (non-hydrogen) atoms. The fourth-order valence-electron chi connectivity index (χ4n) is 1.48. The summed E-state index contributed by atoms with van der Waals surface area (Å²) in [6, 6.07) is 5.68. The highest BCUT2D eigenvalue weighted by atomic mass is 16.5. The number of benzene rings is 1. The van der Waals surface area contributed by atoms with Crippen LogP contribution >= 0.6 is 0 Å². The Morgan fingerprint density at radius 3 is 2.74 bits per heavy atom. The van der Waals surface area contributed by atoms with Gasteiger partial charge in [0.05, 0.1) is 33.5 Å². The predicted octanol–water partition coefficient (Wildman–Crippen LogP) is 1.59. The van der Waals surface area contributed by atoms with Crippen molar-refractivity contribution in [3.05, 3.63) is 29.3 Å². The minimum absolute atomic E-state index is 0.0722. The van der Waals surface area contributed by atoms with Crippen molar-refractivity contribution in [1.29, 1.82) is 0 Å². The summed E-state index contributed by atoms with van der Waals surface area (Å²) in [6.07, 6.45) is 0.468. The average molecular weight is 264 g/mol. The highest BCUT2D eigenvalue weighted by Gasteiger charge is 2.03. The molecule has 0 radical (unpaired) electrons. The van der Waals surface area contributed by atoms with Crippen LogP contribution in [0.1, 0.15) is 17.5 Å². The van der Waals surface area contributed by atoms with E-state index in [1.165, 1.54) is 0 Å². The Hall–Kier alpha value is -1.54. The Labute approximate surface area is 114 Å². The Kier molecular flexibility index (Phi) is 7.68. The van der Waals surface area contributed by atoms with Gasteiger partial charge in [0.1, 0.15) is 5.75 Å². The van der Waals surface area contributed by atoms with Gasteiger partial charge >= 0.3 is 0 Å². The van der Waals surface area contributed by atoms with Gasteiger partial charge in [-0.1, -0.05) is 11.8 Å². The summed E-state index contributed by atoms with van der Waals surface area (Å²) in [5, 5.41) is 8.74. The first kappa shape index (κ1) is 15.5. The van der Waals surface area contributed by atoms with Crippen molar-refractivity contribution in [3.8, 4) is 17.6 Å². The molecule has 0 unspecified atom stereocenters. The summed E-state index contributed by atoms with van der Waals surface area (Å²) in [5.41, 5.74) is 1.87. The van der Waals surface area contributed by atoms with Gasteiger partial charge in [0.2, 0.25) is 0 Å². The SMILES string of the molecule is COCCOCc1cc(OC)ccc1C#CCCO. The molecule has 0 saturated carbocycles. The largest absolute Gasteiger partial charge is 0.497 e. The van der Waals surface area contributed by atoms with Crippen molar-refractivity contribution in [1.82, 2.24) is 0 Å². The zero-order chi connectivity index (χ0) is 13.9. The van der Waals surface area contributed by atoms with Crippen molar-refractivity contribution in [3.63, 3.8) is 0 Å². The summed E-state index contributed by atoms with van der Waals surface area (Å²) in [6.45, 7) is 1.64. The molecule has 1 aromatic rings. The van der Waals surface area contributed by atoms with Gasteiger partial charge in [0.15, 0.2) is 0 Å². The number of rotatable bonds is 7. The lowest BCUT2D eigenvalue weighted by Gasteiger charge is -2.08. The topological polar surface area (TPSA) is 47.9 Å². The van der Waals surface area contributed by atoms with Gasteiger partial charge in [0, 0.05) is 19.1 Å². The second-order valence-corrected chi connectivity index (χ2v) is 3.84. The summed E-state index contributed by atoms with van der Waals surface area (Å²) < 4.78 is 15.6. The average Bonchev–Trinajstić information content (AvgIpc) is 2.45. The first-order chi connectivity index (χ1) is 9.31. The molecule has 0 heterocycles. The van der Waals surface area contributed by atoms with Gasteiger partial charge in [-0.15, -0.1) is 0 Å². The monoisotopic (exact) mass is 264 g/mol. The van der Waals surface area contributed by atoms with Gasteiger partial charge in [0.25, 0.3) is 0 Å². The van der Waals surface area contributed by atoms with Crippen LogP contribution in [0, 0.1) is 11.8 Å². The lowest BCUT2D eigenvalue weighted by molar-refractivity contribution is 0.0615. The van der Waals surface area contributed by atoms with Crippen molar-refractivity contribution in [2.45, 2.75) is 13.0 Å². The third kappa shape index (κ3) is 5.75. The molecule has 0 fully saturated rings. The molecule has 0 saturated heterocycles. The number of ether oxygens (including phenoxy) is 3. The standard InChI is InChI=1S/C15H20O4/c1-17-9-10-19-12-14-11-15(18-2)7-6-13(14)5-3-4-8-16/h6-7,11,16H,4,8-10,12H2,1-2H3. The molecule has 104 valence electrons. The van der Waals surface area contributed by atoms with Crippen LogP contribution in [0.3, 0.4) is 0 Å². The van der Waals surface area contributed by atoms with E-state index in [0.717, 1.165) is 16.9 Å². The highest BCUT2D eigenvalue weighted by molar-refractivity contribution is 5.45. The van der Waals surface area contributed by atoms with E-state index in [1.54, 1.807) is 14.2 Å². The van der Waals surface area contributed by atoms with Gasteiger partial charge in [-0.3, -0.25) is 0 Å². The molecule has 0 aromatic heterocycles. The maximum Gasteiger partial charge on any atom is 0.119 e. The molecule has 0 amide bonds. The summed E-state index contributed by atoms with van der Waals surface area (Å²) in [7, 11) is 3.27. The van der Waals surface area contributed by atoms with Crippen LogP contribution in [-0.2, 0) is 16.1 Å². The van der Waals surface area contributed by atoms with E-state index in [2.05, 4.69) is 11.8 Å². The number of hydrogen-bond acceptors (Lipinski definition) is 4. The fraction of sp³-hybridized carbons (Fsp3) is 0.467. The third-order valence-electron chi connectivity index (χ3n) is 2.46. The van der Waals surface area contributed by atoms with Crippen LogP contribution in [0.2, 0.25) is 0 Å². The predicted molar refractivity (Wildman–Crippen MR) is 73.1 cm³/mol. The second kappa shape index (κ2) is 9.40.